The molecule has 1 heterocycles. The van der Waals surface area contributed by atoms with E-state index >= 15 is 0 Å². The SMILES string of the molecule is N#Cc1cn(-c2c(F)c(F)c(C(F)(F)F)c(F)c2F)nc1N(C(=O)Oc1ccccc1)C(=O)Oc1ccccc1. The van der Waals surface area contributed by atoms with Gasteiger partial charge in [0.25, 0.3) is 0 Å². The summed E-state index contributed by atoms with van der Waals surface area (Å²) in [5.74, 6) is -11.8. The zero-order valence-electron chi connectivity index (χ0n) is 19.4. The zero-order valence-corrected chi connectivity index (χ0v) is 19.4. The van der Waals surface area contributed by atoms with E-state index in [1.807, 2.05) is 0 Å². The molecule has 3 aromatic carbocycles. The van der Waals surface area contributed by atoms with Crippen molar-refractivity contribution < 1.29 is 49.8 Å². The minimum atomic E-state index is -5.80. The minimum Gasteiger partial charge on any atom is -0.410 e. The van der Waals surface area contributed by atoms with Gasteiger partial charge in [-0.05, 0) is 24.3 Å². The molecule has 0 saturated carbocycles. The van der Waals surface area contributed by atoms with Gasteiger partial charge in [-0.2, -0.15) is 23.3 Å². The van der Waals surface area contributed by atoms with Gasteiger partial charge in [-0.15, -0.1) is 5.10 Å². The lowest BCUT2D eigenvalue weighted by Crippen LogP contribution is -2.41. The fraction of sp³-hybridized carbons (Fsp3) is 0.0400. The number of amides is 2. The molecular weight excluding hydrogens is 553 g/mol. The molecule has 0 atom stereocenters. The first-order chi connectivity index (χ1) is 18.9. The fourth-order valence-corrected chi connectivity index (χ4v) is 3.31. The van der Waals surface area contributed by atoms with Crippen LogP contribution in [0.5, 0.6) is 11.5 Å². The average Bonchev–Trinajstić information content (AvgIpc) is 3.31. The Labute approximate surface area is 219 Å². The second-order valence-corrected chi connectivity index (χ2v) is 7.60. The van der Waals surface area contributed by atoms with Gasteiger partial charge in [0.2, 0.25) is 0 Å². The summed E-state index contributed by atoms with van der Waals surface area (Å²) >= 11 is 0. The van der Waals surface area contributed by atoms with E-state index in [0.717, 1.165) is 0 Å². The van der Waals surface area contributed by atoms with E-state index in [1.165, 1.54) is 54.6 Å². The molecule has 204 valence electrons. The summed E-state index contributed by atoms with van der Waals surface area (Å²) in [5, 5.41) is 13.0. The van der Waals surface area contributed by atoms with E-state index in [-0.39, 0.29) is 21.1 Å². The molecule has 0 N–H and O–H groups in total. The van der Waals surface area contributed by atoms with Crippen LogP contribution in [0.1, 0.15) is 11.1 Å². The average molecular weight is 564 g/mol. The van der Waals surface area contributed by atoms with Crippen molar-refractivity contribution in [1.29, 1.82) is 5.26 Å². The van der Waals surface area contributed by atoms with Crippen LogP contribution in [0.3, 0.4) is 0 Å². The maximum Gasteiger partial charge on any atom is 0.430 e. The van der Waals surface area contributed by atoms with Gasteiger partial charge < -0.3 is 9.47 Å². The molecule has 1 aromatic heterocycles. The molecular formula is C25H11F7N4O4. The summed E-state index contributed by atoms with van der Waals surface area (Å²) in [6.45, 7) is 0. The monoisotopic (exact) mass is 564 g/mol. The molecule has 0 aliphatic heterocycles. The first-order valence-electron chi connectivity index (χ1n) is 10.7. The lowest BCUT2D eigenvalue weighted by Gasteiger charge is -2.18. The molecule has 0 unspecified atom stereocenters. The molecule has 0 aliphatic carbocycles. The number of anilines is 1. The molecule has 15 heteroatoms. The Morgan fingerprint density at radius 3 is 1.65 bits per heavy atom. The van der Waals surface area contributed by atoms with E-state index in [4.69, 9.17) is 9.47 Å². The van der Waals surface area contributed by atoms with Crippen LogP contribution >= 0.6 is 0 Å². The van der Waals surface area contributed by atoms with Crippen molar-refractivity contribution in [2.75, 3.05) is 4.90 Å². The molecule has 0 saturated heterocycles. The standard InChI is InChI=1S/C25H11F7N4O4/c26-17-16(25(30,31)32)18(27)20(29)21(19(17)28)35-12-13(11-33)22(34-35)36(23(37)39-14-7-3-1-4-8-14)24(38)40-15-9-5-2-6-10-15/h1-10,12H. The second-order valence-electron chi connectivity index (χ2n) is 7.60. The molecule has 0 fully saturated rings. The van der Waals surface area contributed by atoms with Crippen LogP contribution in [-0.2, 0) is 6.18 Å². The molecule has 0 radical (unpaired) electrons. The van der Waals surface area contributed by atoms with Crippen molar-refractivity contribution in [2.24, 2.45) is 0 Å². The topological polar surface area (TPSA) is 97.5 Å². The van der Waals surface area contributed by atoms with E-state index in [2.05, 4.69) is 5.10 Å². The van der Waals surface area contributed by atoms with Crippen LogP contribution in [0.15, 0.2) is 66.9 Å². The molecule has 40 heavy (non-hydrogen) atoms. The Balaban J connectivity index is 1.85. The smallest absolute Gasteiger partial charge is 0.410 e. The number of aromatic nitrogens is 2. The van der Waals surface area contributed by atoms with E-state index < -0.39 is 64.3 Å². The van der Waals surface area contributed by atoms with Gasteiger partial charge in [-0.3, -0.25) is 0 Å². The van der Waals surface area contributed by atoms with Gasteiger partial charge in [0.05, 0.1) is 6.20 Å². The number of nitriles is 1. The Hall–Kier alpha value is -5.39. The van der Waals surface area contributed by atoms with Gasteiger partial charge in [0.15, 0.2) is 29.1 Å². The second kappa shape index (κ2) is 10.8. The molecule has 2 amide bonds. The summed E-state index contributed by atoms with van der Waals surface area (Å²) in [6.07, 6.45) is -8.47. The zero-order chi connectivity index (χ0) is 29.2. The Morgan fingerprint density at radius 2 is 1.25 bits per heavy atom. The highest BCUT2D eigenvalue weighted by atomic mass is 19.4. The van der Waals surface area contributed by atoms with Crippen molar-refractivity contribution in [3.8, 4) is 23.3 Å². The number of halogens is 7. The van der Waals surface area contributed by atoms with Gasteiger partial charge in [0, 0.05) is 0 Å². The van der Waals surface area contributed by atoms with Crippen molar-refractivity contribution in [1.82, 2.24) is 9.78 Å². The summed E-state index contributed by atoms with van der Waals surface area (Å²) in [7, 11) is 0. The number of nitrogens with zero attached hydrogens (tertiary/aromatic N) is 4. The molecule has 4 rings (SSSR count). The third-order valence-corrected chi connectivity index (χ3v) is 5.04. The highest BCUT2D eigenvalue weighted by Gasteiger charge is 2.43. The van der Waals surface area contributed by atoms with Crippen LogP contribution in [-0.4, -0.2) is 22.0 Å². The third kappa shape index (κ3) is 5.27. The maximum absolute atomic E-state index is 14.6. The number of ether oxygens (including phenoxy) is 2. The van der Waals surface area contributed by atoms with Crippen LogP contribution in [0.2, 0.25) is 0 Å². The van der Waals surface area contributed by atoms with Crippen LogP contribution < -0.4 is 14.4 Å². The number of hydrogen-bond donors (Lipinski definition) is 0. The fourth-order valence-electron chi connectivity index (χ4n) is 3.31. The highest BCUT2D eigenvalue weighted by molar-refractivity contribution is 6.10. The number of carbonyl (C=O) groups is 2. The van der Waals surface area contributed by atoms with Crippen molar-refractivity contribution in [3.63, 3.8) is 0 Å². The number of rotatable bonds is 4. The Kier molecular flexibility index (Phi) is 7.44. The Morgan fingerprint density at radius 1 is 0.800 bits per heavy atom. The first-order valence-corrected chi connectivity index (χ1v) is 10.7. The number of carbonyl (C=O) groups excluding carboxylic acids is 2. The molecule has 0 aliphatic rings. The lowest BCUT2D eigenvalue weighted by atomic mass is 10.1. The minimum absolute atomic E-state index is 0.0294. The van der Waals surface area contributed by atoms with Crippen LogP contribution in [0, 0.1) is 34.6 Å². The number of para-hydroxylation sites is 2. The summed E-state index contributed by atoms with van der Waals surface area (Å²) in [4.78, 5) is 26.0. The number of hydrogen-bond acceptors (Lipinski definition) is 6. The lowest BCUT2D eigenvalue weighted by molar-refractivity contribution is -0.143. The van der Waals surface area contributed by atoms with Gasteiger partial charge in [0.1, 0.15) is 34.4 Å². The van der Waals surface area contributed by atoms with Crippen LogP contribution in [0.4, 0.5) is 46.1 Å². The number of imide groups is 1. The van der Waals surface area contributed by atoms with Gasteiger partial charge in [-0.25, -0.2) is 31.8 Å². The van der Waals surface area contributed by atoms with Crippen molar-refractivity contribution in [3.05, 3.63) is 101 Å². The quantitative estimate of drug-likeness (QED) is 0.207. The molecule has 8 nitrogen and oxygen atoms in total. The first kappa shape index (κ1) is 27.6. The van der Waals surface area contributed by atoms with E-state index in [0.29, 0.717) is 6.20 Å². The van der Waals surface area contributed by atoms with Crippen molar-refractivity contribution >= 4 is 18.0 Å². The molecule has 0 bridgehead atoms. The predicted molar refractivity (Wildman–Crippen MR) is 121 cm³/mol. The largest absolute Gasteiger partial charge is 0.430 e. The summed E-state index contributed by atoms with van der Waals surface area (Å²) in [5.41, 5.74) is -5.44. The number of benzene rings is 3. The summed E-state index contributed by atoms with van der Waals surface area (Å²) in [6, 6.07) is 15.7. The highest BCUT2D eigenvalue weighted by Crippen LogP contribution is 2.38. The van der Waals surface area contributed by atoms with E-state index in [1.54, 1.807) is 12.1 Å². The van der Waals surface area contributed by atoms with E-state index in [9.17, 15) is 45.6 Å². The maximum atomic E-state index is 14.6. The normalized spacial score (nSPS) is 11.1. The van der Waals surface area contributed by atoms with Gasteiger partial charge in [-0.1, -0.05) is 36.4 Å². The molecule has 0 spiro atoms. The number of alkyl halides is 3. The van der Waals surface area contributed by atoms with Crippen molar-refractivity contribution in [2.45, 2.75) is 6.18 Å². The Bertz CT molecular complexity index is 1550. The predicted octanol–water partition coefficient (Wildman–Crippen LogP) is 6.52. The van der Waals surface area contributed by atoms with Crippen LogP contribution in [0.25, 0.3) is 5.69 Å². The molecule has 4 aromatic rings. The third-order valence-electron chi connectivity index (χ3n) is 5.04. The van der Waals surface area contributed by atoms with Gasteiger partial charge >= 0.3 is 18.4 Å². The summed E-state index contributed by atoms with van der Waals surface area (Å²) < 4.78 is 107.